The Bertz CT molecular complexity index is 772. The van der Waals surface area contributed by atoms with Gasteiger partial charge in [-0.3, -0.25) is 9.69 Å². The van der Waals surface area contributed by atoms with Gasteiger partial charge in [0.15, 0.2) is 5.78 Å². The zero-order valence-corrected chi connectivity index (χ0v) is 16.0. The Kier molecular flexibility index (Phi) is 5.58. The molecule has 140 valence electrons. The van der Waals surface area contributed by atoms with Crippen LogP contribution >= 0.6 is 0 Å². The van der Waals surface area contributed by atoms with Crippen LogP contribution in [0.25, 0.3) is 0 Å². The minimum atomic E-state index is -0.237. The molecule has 5 heteroatoms. The molecule has 4 nitrogen and oxygen atoms in total. The van der Waals surface area contributed by atoms with Gasteiger partial charge in [-0.05, 0) is 51.5 Å². The molecule has 1 aromatic heterocycles. The van der Waals surface area contributed by atoms with E-state index in [-0.39, 0.29) is 23.8 Å². The van der Waals surface area contributed by atoms with E-state index < -0.39 is 0 Å². The summed E-state index contributed by atoms with van der Waals surface area (Å²) in [6, 6.07) is 8.47. The second-order valence-electron chi connectivity index (χ2n) is 7.37. The number of halogens is 1. The first-order valence-corrected chi connectivity index (χ1v) is 9.15. The van der Waals surface area contributed by atoms with Crippen LogP contribution in [0.5, 0.6) is 0 Å². The summed E-state index contributed by atoms with van der Waals surface area (Å²) in [4.78, 5) is 15.0. The van der Waals surface area contributed by atoms with Gasteiger partial charge in [-0.2, -0.15) is 0 Å². The number of aryl methyl sites for hydroxylation is 1. The molecular formula is C21H27FN2O2. The fraction of sp³-hybridized carbons (Fsp3) is 0.476. The molecule has 1 saturated heterocycles. The summed E-state index contributed by atoms with van der Waals surface area (Å²) in [5, 5.41) is 0. The summed E-state index contributed by atoms with van der Waals surface area (Å²) in [6.45, 7) is 10.7. The molecule has 3 rings (SSSR count). The van der Waals surface area contributed by atoms with Crippen LogP contribution < -0.4 is 0 Å². The third-order valence-electron chi connectivity index (χ3n) is 4.99. The Morgan fingerprint density at radius 2 is 1.77 bits per heavy atom. The van der Waals surface area contributed by atoms with Gasteiger partial charge in [-0.25, -0.2) is 4.39 Å². The van der Waals surface area contributed by atoms with Crippen LogP contribution in [0.4, 0.5) is 4.39 Å². The molecule has 0 saturated carbocycles. The second kappa shape index (κ2) is 7.72. The first-order chi connectivity index (χ1) is 12.3. The summed E-state index contributed by atoms with van der Waals surface area (Å²) in [6.07, 6.45) is 0.301. The first kappa shape index (κ1) is 18.8. The monoisotopic (exact) mass is 358 g/mol. The number of Topliss-reactive ketones (excluding diaryl/α,β-unsaturated/α-hetero) is 1. The number of hydrogen-bond donors (Lipinski definition) is 0. The Balaban J connectivity index is 1.74. The molecule has 1 fully saturated rings. The van der Waals surface area contributed by atoms with Crippen molar-refractivity contribution in [1.82, 2.24) is 9.47 Å². The highest BCUT2D eigenvalue weighted by Crippen LogP contribution is 2.19. The van der Waals surface area contributed by atoms with Crippen LogP contribution in [0.1, 0.15) is 41.2 Å². The van der Waals surface area contributed by atoms with Crippen LogP contribution in [-0.2, 0) is 11.3 Å². The average Bonchev–Trinajstić information content (AvgIpc) is 2.84. The second-order valence-corrected chi connectivity index (χ2v) is 7.37. The van der Waals surface area contributed by atoms with Crippen molar-refractivity contribution < 1.29 is 13.9 Å². The number of nitrogens with zero attached hydrogens (tertiary/aromatic N) is 2. The molecule has 2 atom stereocenters. The minimum Gasteiger partial charge on any atom is -0.373 e. The molecule has 2 heterocycles. The smallest absolute Gasteiger partial charge is 0.178 e. The summed E-state index contributed by atoms with van der Waals surface area (Å²) >= 11 is 0. The molecule has 2 aromatic rings. The molecule has 1 aliphatic heterocycles. The van der Waals surface area contributed by atoms with Crippen molar-refractivity contribution in [3.63, 3.8) is 0 Å². The molecule has 26 heavy (non-hydrogen) atoms. The summed E-state index contributed by atoms with van der Waals surface area (Å²) < 4.78 is 21.0. The van der Waals surface area contributed by atoms with Crippen molar-refractivity contribution in [2.24, 2.45) is 0 Å². The first-order valence-electron chi connectivity index (χ1n) is 9.15. The summed E-state index contributed by atoms with van der Waals surface area (Å²) in [7, 11) is 0. The van der Waals surface area contributed by atoms with E-state index >= 15 is 0 Å². The Morgan fingerprint density at radius 3 is 2.38 bits per heavy atom. The van der Waals surface area contributed by atoms with E-state index in [4.69, 9.17) is 4.74 Å². The van der Waals surface area contributed by atoms with Crippen molar-refractivity contribution in [2.75, 3.05) is 19.6 Å². The molecule has 1 aliphatic rings. The number of carbonyl (C=O) groups excluding carboxylic acids is 1. The Morgan fingerprint density at radius 1 is 1.15 bits per heavy atom. The number of rotatable bonds is 5. The highest BCUT2D eigenvalue weighted by atomic mass is 19.1. The van der Waals surface area contributed by atoms with Gasteiger partial charge in [0.05, 0.1) is 18.8 Å². The lowest BCUT2D eigenvalue weighted by Crippen LogP contribution is -2.47. The predicted octanol–water partition coefficient (Wildman–Crippen LogP) is 3.58. The summed E-state index contributed by atoms with van der Waals surface area (Å²) in [5.74, 6) is -0.0932. The average molecular weight is 358 g/mol. The van der Waals surface area contributed by atoms with E-state index in [0.717, 1.165) is 35.6 Å². The van der Waals surface area contributed by atoms with Gasteiger partial charge in [-0.15, -0.1) is 0 Å². The van der Waals surface area contributed by atoms with Crippen LogP contribution in [0.15, 0.2) is 30.3 Å². The van der Waals surface area contributed by atoms with Crippen LogP contribution in [0.2, 0.25) is 0 Å². The van der Waals surface area contributed by atoms with Gasteiger partial charge < -0.3 is 9.30 Å². The molecule has 1 aromatic carbocycles. The van der Waals surface area contributed by atoms with Crippen molar-refractivity contribution in [3.8, 4) is 0 Å². The number of ether oxygens (including phenoxy) is 1. The van der Waals surface area contributed by atoms with Gasteiger partial charge >= 0.3 is 0 Å². The Labute approximate surface area is 154 Å². The van der Waals surface area contributed by atoms with Gasteiger partial charge in [-0.1, -0.05) is 12.1 Å². The van der Waals surface area contributed by atoms with Gasteiger partial charge in [0.25, 0.3) is 0 Å². The molecular weight excluding hydrogens is 331 g/mol. The maximum absolute atomic E-state index is 13.1. The normalized spacial score (nSPS) is 21.1. The fourth-order valence-corrected chi connectivity index (χ4v) is 3.80. The maximum atomic E-state index is 13.1. The van der Waals surface area contributed by atoms with Crippen LogP contribution in [0, 0.1) is 19.7 Å². The third kappa shape index (κ3) is 4.22. The Hall–Kier alpha value is -1.98. The van der Waals surface area contributed by atoms with Crippen molar-refractivity contribution >= 4 is 5.78 Å². The number of benzene rings is 1. The molecule has 0 amide bonds. The van der Waals surface area contributed by atoms with Gasteiger partial charge in [0, 0.05) is 36.6 Å². The molecule has 2 unspecified atom stereocenters. The number of morpholine rings is 1. The van der Waals surface area contributed by atoms with E-state index in [1.165, 1.54) is 12.1 Å². The maximum Gasteiger partial charge on any atom is 0.178 e. The van der Waals surface area contributed by atoms with E-state index in [1.54, 1.807) is 12.1 Å². The van der Waals surface area contributed by atoms with Crippen molar-refractivity contribution in [2.45, 2.75) is 46.4 Å². The van der Waals surface area contributed by atoms with Crippen molar-refractivity contribution in [1.29, 1.82) is 0 Å². The third-order valence-corrected chi connectivity index (χ3v) is 4.99. The van der Waals surface area contributed by atoms with E-state index in [2.05, 4.69) is 9.47 Å². The number of hydrogen-bond acceptors (Lipinski definition) is 3. The molecule has 0 bridgehead atoms. The highest BCUT2D eigenvalue weighted by Gasteiger charge is 2.25. The molecule has 0 spiro atoms. The van der Waals surface area contributed by atoms with Crippen LogP contribution in [-0.4, -0.2) is 47.1 Å². The zero-order chi connectivity index (χ0) is 18.8. The minimum absolute atomic E-state index is 0.143. The van der Waals surface area contributed by atoms with Gasteiger partial charge in [0.1, 0.15) is 5.82 Å². The van der Waals surface area contributed by atoms with E-state index in [1.807, 2.05) is 33.8 Å². The fourth-order valence-electron chi connectivity index (χ4n) is 3.80. The number of ketones is 1. The predicted molar refractivity (Wildman–Crippen MR) is 100 cm³/mol. The lowest BCUT2D eigenvalue weighted by molar-refractivity contribution is -0.0652. The van der Waals surface area contributed by atoms with Crippen molar-refractivity contribution in [3.05, 3.63) is 58.7 Å². The van der Waals surface area contributed by atoms with E-state index in [0.29, 0.717) is 13.1 Å². The summed E-state index contributed by atoms with van der Waals surface area (Å²) in [5.41, 5.74) is 3.80. The SMILES string of the molecule is Cc1cc(C(=O)CN2CC(C)OC(C)C2)c(C)n1Cc1ccc(F)cc1. The molecule has 0 N–H and O–H groups in total. The lowest BCUT2D eigenvalue weighted by Gasteiger charge is -2.34. The standard InChI is InChI=1S/C21H27FN2O2/c1-14-9-20(21(25)13-23-10-15(2)26-16(3)11-23)17(4)24(14)12-18-5-7-19(22)8-6-18/h5-9,15-16H,10-13H2,1-4H3. The number of carbonyl (C=O) groups is 1. The lowest BCUT2D eigenvalue weighted by atomic mass is 10.1. The topological polar surface area (TPSA) is 34.5 Å². The largest absolute Gasteiger partial charge is 0.373 e. The zero-order valence-electron chi connectivity index (χ0n) is 16.0. The van der Waals surface area contributed by atoms with Gasteiger partial charge in [0.2, 0.25) is 0 Å². The quantitative estimate of drug-likeness (QED) is 0.766. The van der Waals surface area contributed by atoms with E-state index in [9.17, 15) is 9.18 Å². The van der Waals surface area contributed by atoms with Crippen LogP contribution in [0.3, 0.4) is 0 Å². The molecule has 0 radical (unpaired) electrons. The number of aromatic nitrogens is 1. The molecule has 0 aliphatic carbocycles. The highest BCUT2D eigenvalue weighted by molar-refractivity contribution is 5.99.